The van der Waals surface area contributed by atoms with Crippen molar-refractivity contribution < 1.29 is 19.4 Å². The fraction of sp³-hybridized carbons (Fsp3) is 0.467. The zero-order valence-electron chi connectivity index (χ0n) is 11.7. The Morgan fingerprint density at radius 2 is 1.85 bits per heavy atom. The van der Waals surface area contributed by atoms with Crippen molar-refractivity contribution in [3.63, 3.8) is 0 Å². The maximum absolute atomic E-state index is 11.1. The molecule has 1 aromatic carbocycles. The molecule has 20 heavy (non-hydrogen) atoms. The number of benzene rings is 1. The largest absolute Gasteiger partial charge is 0.478 e. The normalized spacial score (nSPS) is 10.1. The molecule has 0 aromatic heterocycles. The minimum atomic E-state index is -0.921. The van der Waals surface area contributed by atoms with E-state index in [9.17, 15) is 9.59 Å². The van der Waals surface area contributed by atoms with E-state index in [1.165, 1.54) is 0 Å². The van der Waals surface area contributed by atoms with Crippen LogP contribution in [-0.4, -0.2) is 30.2 Å². The van der Waals surface area contributed by atoms with Crippen molar-refractivity contribution in [3.8, 4) is 0 Å². The molecule has 0 fully saturated rings. The second-order valence-electron chi connectivity index (χ2n) is 4.42. The van der Waals surface area contributed by atoms with Gasteiger partial charge in [0.05, 0.1) is 12.2 Å². The molecule has 0 aliphatic rings. The van der Waals surface area contributed by atoms with E-state index in [1.54, 1.807) is 31.2 Å². The van der Waals surface area contributed by atoms with E-state index in [-0.39, 0.29) is 11.5 Å². The van der Waals surface area contributed by atoms with Crippen LogP contribution in [0.1, 0.15) is 43.0 Å². The predicted molar refractivity (Wildman–Crippen MR) is 77.0 cm³/mol. The van der Waals surface area contributed by atoms with E-state index in [2.05, 4.69) is 5.32 Å². The van der Waals surface area contributed by atoms with Gasteiger partial charge in [-0.3, -0.25) is 4.79 Å². The first-order valence-electron chi connectivity index (χ1n) is 6.86. The van der Waals surface area contributed by atoms with Gasteiger partial charge in [-0.2, -0.15) is 0 Å². The van der Waals surface area contributed by atoms with Gasteiger partial charge in [0.2, 0.25) is 0 Å². The summed E-state index contributed by atoms with van der Waals surface area (Å²) < 4.78 is 4.85. The van der Waals surface area contributed by atoms with Gasteiger partial charge < -0.3 is 15.2 Å². The smallest absolute Gasteiger partial charge is 0.335 e. The molecule has 5 nitrogen and oxygen atoms in total. The highest BCUT2D eigenvalue weighted by molar-refractivity contribution is 5.87. The third-order valence-electron chi connectivity index (χ3n) is 2.82. The van der Waals surface area contributed by atoms with Crippen LogP contribution in [0.2, 0.25) is 0 Å². The van der Waals surface area contributed by atoms with Crippen LogP contribution in [-0.2, 0) is 9.53 Å². The van der Waals surface area contributed by atoms with E-state index in [4.69, 9.17) is 9.84 Å². The summed E-state index contributed by atoms with van der Waals surface area (Å²) in [5.41, 5.74) is 1.19. The summed E-state index contributed by atoms with van der Waals surface area (Å²) in [6.45, 7) is 3.04. The van der Waals surface area contributed by atoms with E-state index in [0.717, 1.165) is 31.5 Å². The molecule has 1 aromatic rings. The molecule has 2 N–H and O–H groups in total. The summed E-state index contributed by atoms with van der Waals surface area (Å²) in [5.74, 6) is -1.06. The van der Waals surface area contributed by atoms with Gasteiger partial charge in [0.1, 0.15) is 0 Å². The molecule has 0 unspecified atom stereocenters. The van der Waals surface area contributed by atoms with Gasteiger partial charge in [-0.25, -0.2) is 4.79 Å². The molecule has 0 atom stereocenters. The number of anilines is 1. The lowest BCUT2D eigenvalue weighted by Gasteiger charge is -2.06. The lowest BCUT2D eigenvalue weighted by molar-refractivity contribution is -0.143. The maximum Gasteiger partial charge on any atom is 0.335 e. The highest BCUT2D eigenvalue weighted by Crippen LogP contribution is 2.10. The van der Waals surface area contributed by atoms with Crippen LogP contribution in [0.5, 0.6) is 0 Å². The second-order valence-corrected chi connectivity index (χ2v) is 4.42. The molecule has 0 aliphatic heterocycles. The van der Waals surface area contributed by atoms with Crippen LogP contribution in [0.25, 0.3) is 0 Å². The number of carbonyl (C=O) groups excluding carboxylic acids is 1. The molecule has 110 valence electrons. The fourth-order valence-corrected chi connectivity index (χ4v) is 1.77. The molecule has 0 amide bonds. The fourth-order valence-electron chi connectivity index (χ4n) is 1.77. The first-order valence-corrected chi connectivity index (χ1v) is 6.86. The average Bonchev–Trinajstić information content (AvgIpc) is 2.43. The number of esters is 1. The number of aromatic carboxylic acids is 1. The van der Waals surface area contributed by atoms with Gasteiger partial charge in [-0.1, -0.05) is 6.42 Å². The standard InChI is InChI=1S/C15H21NO4/c1-2-20-14(17)6-4-3-5-11-16-13-9-7-12(8-10-13)15(18)19/h7-10,16H,2-6,11H2,1H3,(H,18,19). The van der Waals surface area contributed by atoms with Crippen LogP contribution in [0.4, 0.5) is 5.69 Å². The quantitative estimate of drug-likeness (QED) is 0.537. The van der Waals surface area contributed by atoms with Gasteiger partial charge in [-0.05, 0) is 44.0 Å². The van der Waals surface area contributed by atoms with Crippen LogP contribution in [0, 0.1) is 0 Å². The van der Waals surface area contributed by atoms with Crippen LogP contribution in [0.3, 0.4) is 0 Å². The highest BCUT2D eigenvalue weighted by atomic mass is 16.5. The number of hydrogen-bond donors (Lipinski definition) is 2. The van der Waals surface area contributed by atoms with E-state index >= 15 is 0 Å². The maximum atomic E-state index is 11.1. The van der Waals surface area contributed by atoms with Crippen molar-refractivity contribution in [2.45, 2.75) is 32.6 Å². The van der Waals surface area contributed by atoms with Crippen molar-refractivity contribution in [3.05, 3.63) is 29.8 Å². The summed E-state index contributed by atoms with van der Waals surface area (Å²) in [5, 5.41) is 12.0. The number of unbranched alkanes of at least 4 members (excludes halogenated alkanes) is 2. The first-order chi connectivity index (χ1) is 9.63. The Bertz CT molecular complexity index is 428. The van der Waals surface area contributed by atoms with Crippen molar-refractivity contribution in [1.29, 1.82) is 0 Å². The van der Waals surface area contributed by atoms with Gasteiger partial charge in [-0.15, -0.1) is 0 Å². The first kappa shape index (κ1) is 16.0. The number of carboxylic acid groups (broad SMARTS) is 1. The Balaban J connectivity index is 2.12. The van der Waals surface area contributed by atoms with Gasteiger partial charge in [0.25, 0.3) is 0 Å². The topological polar surface area (TPSA) is 75.6 Å². The molecule has 1 rings (SSSR count). The summed E-state index contributed by atoms with van der Waals surface area (Å²) in [4.78, 5) is 21.8. The van der Waals surface area contributed by atoms with Crippen molar-refractivity contribution in [2.24, 2.45) is 0 Å². The van der Waals surface area contributed by atoms with Crippen molar-refractivity contribution in [2.75, 3.05) is 18.5 Å². The Kier molecular flexibility index (Phi) is 7.17. The van der Waals surface area contributed by atoms with Gasteiger partial charge in [0, 0.05) is 18.7 Å². The molecular formula is C15H21NO4. The molecular weight excluding hydrogens is 258 g/mol. The lowest BCUT2D eigenvalue weighted by atomic mass is 10.2. The Morgan fingerprint density at radius 3 is 2.45 bits per heavy atom. The summed E-state index contributed by atoms with van der Waals surface area (Å²) in [6.07, 6.45) is 3.22. The molecule has 0 spiro atoms. The number of carbonyl (C=O) groups is 2. The van der Waals surface area contributed by atoms with Crippen molar-refractivity contribution in [1.82, 2.24) is 0 Å². The van der Waals surface area contributed by atoms with Gasteiger partial charge >= 0.3 is 11.9 Å². The molecule has 0 radical (unpaired) electrons. The summed E-state index contributed by atoms with van der Waals surface area (Å²) in [6, 6.07) is 6.65. The van der Waals surface area contributed by atoms with Crippen LogP contribution < -0.4 is 5.32 Å². The van der Waals surface area contributed by atoms with E-state index < -0.39 is 5.97 Å². The number of carboxylic acids is 1. The highest BCUT2D eigenvalue weighted by Gasteiger charge is 2.02. The summed E-state index contributed by atoms with van der Waals surface area (Å²) >= 11 is 0. The summed E-state index contributed by atoms with van der Waals surface area (Å²) in [7, 11) is 0. The number of hydrogen-bond acceptors (Lipinski definition) is 4. The SMILES string of the molecule is CCOC(=O)CCCCCNc1ccc(C(=O)O)cc1. The third-order valence-corrected chi connectivity index (χ3v) is 2.82. The zero-order chi connectivity index (χ0) is 14.8. The van der Waals surface area contributed by atoms with E-state index in [1.807, 2.05) is 0 Å². The molecule has 0 bridgehead atoms. The molecule has 0 saturated heterocycles. The second kappa shape index (κ2) is 8.96. The molecule has 0 aliphatic carbocycles. The van der Waals surface area contributed by atoms with Crippen LogP contribution >= 0.6 is 0 Å². The Morgan fingerprint density at radius 1 is 1.15 bits per heavy atom. The van der Waals surface area contributed by atoms with Crippen molar-refractivity contribution >= 4 is 17.6 Å². The number of nitrogens with one attached hydrogen (secondary N) is 1. The number of rotatable bonds is 9. The minimum absolute atomic E-state index is 0.135. The van der Waals surface area contributed by atoms with Gasteiger partial charge in [0.15, 0.2) is 0 Å². The molecule has 0 saturated carbocycles. The lowest BCUT2D eigenvalue weighted by Crippen LogP contribution is -2.05. The Hall–Kier alpha value is -2.04. The van der Waals surface area contributed by atoms with Crippen LogP contribution in [0.15, 0.2) is 24.3 Å². The third kappa shape index (κ3) is 6.22. The average molecular weight is 279 g/mol. The minimum Gasteiger partial charge on any atom is -0.478 e. The predicted octanol–water partition coefficient (Wildman–Crippen LogP) is 2.92. The molecule has 5 heteroatoms. The molecule has 0 heterocycles. The number of ether oxygens (including phenoxy) is 1. The monoisotopic (exact) mass is 279 g/mol. The Labute approximate surface area is 118 Å². The zero-order valence-corrected chi connectivity index (χ0v) is 11.7. The van der Waals surface area contributed by atoms with E-state index in [0.29, 0.717) is 13.0 Å².